The molecule has 5 heteroatoms. The van der Waals surface area contributed by atoms with Crippen LogP contribution in [0.4, 0.5) is 0 Å². The van der Waals surface area contributed by atoms with E-state index < -0.39 is 6.04 Å². The molecule has 0 aliphatic carbocycles. The van der Waals surface area contributed by atoms with Gasteiger partial charge in [0.25, 0.3) is 5.91 Å². The van der Waals surface area contributed by atoms with Gasteiger partial charge < -0.3 is 15.0 Å². The first kappa shape index (κ1) is 21.5. The van der Waals surface area contributed by atoms with Gasteiger partial charge in [-0.1, -0.05) is 55.0 Å². The smallest absolute Gasteiger partial charge is 0.261 e. The molecule has 0 bridgehead atoms. The van der Waals surface area contributed by atoms with Crippen molar-refractivity contribution in [1.29, 1.82) is 0 Å². The lowest BCUT2D eigenvalue weighted by molar-refractivity contribution is -0.143. The Hall–Kier alpha value is -2.82. The van der Waals surface area contributed by atoms with Crippen molar-refractivity contribution in [2.24, 2.45) is 0 Å². The Morgan fingerprint density at radius 1 is 1.07 bits per heavy atom. The monoisotopic (exact) mass is 382 g/mol. The highest BCUT2D eigenvalue weighted by molar-refractivity contribution is 5.88. The largest absolute Gasteiger partial charge is 0.484 e. The van der Waals surface area contributed by atoms with Gasteiger partial charge in [-0.15, -0.1) is 0 Å². The minimum Gasteiger partial charge on any atom is -0.484 e. The van der Waals surface area contributed by atoms with Crippen molar-refractivity contribution < 1.29 is 14.3 Å². The van der Waals surface area contributed by atoms with Crippen LogP contribution in [-0.4, -0.2) is 35.4 Å². The van der Waals surface area contributed by atoms with E-state index >= 15 is 0 Å². The maximum absolute atomic E-state index is 13.0. The van der Waals surface area contributed by atoms with Gasteiger partial charge in [0.2, 0.25) is 5.91 Å². The fourth-order valence-corrected chi connectivity index (χ4v) is 3.05. The van der Waals surface area contributed by atoms with Crippen LogP contribution in [0.15, 0.2) is 54.6 Å². The molecule has 28 heavy (non-hydrogen) atoms. The molecule has 2 aromatic rings. The highest BCUT2D eigenvalue weighted by atomic mass is 16.5. The number of carbonyl (C=O) groups is 2. The first-order valence-corrected chi connectivity index (χ1v) is 9.74. The van der Waals surface area contributed by atoms with Crippen molar-refractivity contribution in [2.45, 2.75) is 52.7 Å². The van der Waals surface area contributed by atoms with Gasteiger partial charge in [-0.25, -0.2) is 0 Å². The zero-order valence-electron chi connectivity index (χ0n) is 17.1. The van der Waals surface area contributed by atoms with Gasteiger partial charge in [-0.05, 0) is 44.9 Å². The van der Waals surface area contributed by atoms with E-state index in [1.165, 1.54) is 0 Å². The fourth-order valence-electron chi connectivity index (χ4n) is 3.05. The molecule has 0 fully saturated rings. The number of para-hydroxylation sites is 1. The minimum absolute atomic E-state index is 0.0121. The number of rotatable bonds is 9. The summed E-state index contributed by atoms with van der Waals surface area (Å²) in [6.45, 7) is 8.01. The Morgan fingerprint density at radius 2 is 1.79 bits per heavy atom. The van der Waals surface area contributed by atoms with Crippen LogP contribution in [0.1, 0.15) is 38.3 Å². The van der Waals surface area contributed by atoms with Gasteiger partial charge in [0.05, 0.1) is 0 Å². The summed E-state index contributed by atoms with van der Waals surface area (Å²) in [5.74, 6) is 0.278. The van der Waals surface area contributed by atoms with E-state index in [1.54, 1.807) is 17.0 Å². The van der Waals surface area contributed by atoms with Crippen molar-refractivity contribution in [3.8, 4) is 5.75 Å². The quantitative estimate of drug-likeness (QED) is 0.719. The van der Waals surface area contributed by atoms with Crippen molar-refractivity contribution in [3.63, 3.8) is 0 Å². The molecule has 0 heterocycles. The third kappa shape index (κ3) is 6.41. The van der Waals surface area contributed by atoms with E-state index in [-0.39, 0.29) is 24.5 Å². The van der Waals surface area contributed by atoms with Crippen LogP contribution in [-0.2, 0) is 16.1 Å². The zero-order chi connectivity index (χ0) is 20.5. The third-order valence-corrected chi connectivity index (χ3v) is 4.36. The molecule has 0 radical (unpaired) electrons. The summed E-state index contributed by atoms with van der Waals surface area (Å²) >= 11 is 0. The maximum atomic E-state index is 13.0. The molecule has 5 nitrogen and oxygen atoms in total. The molecule has 1 atom stereocenters. The van der Waals surface area contributed by atoms with E-state index in [1.807, 2.05) is 70.2 Å². The SMILES string of the molecule is CC[C@@H](C(=O)NC(C)C)N(Cc1cccc(C)c1)C(=O)COc1ccccc1. The van der Waals surface area contributed by atoms with Gasteiger partial charge in [-0.2, -0.15) is 0 Å². The summed E-state index contributed by atoms with van der Waals surface area (Å²) < 4.78 is 5.64. The number of nitrogens with zero attached hydrogens (tertiary/aromatic N) is 1. The minimum atomic E-state index is -0.546. The summed E-state index contributed by atoms with van der Waals surface area (Å²) in [7, 11) is 0. The Labute approximate surface area is 167 Å². The summed E-state index contributed by atoms with van der Waals surface area (Å²) in [6, 6.07) is 16.7. The average molecular weight is 383 g/mol. The average Bonchev–Trinajstić information content (AvgIpc) is 2.66. The summed E-state index contributed by atoms with van der Waals surface area (Å²) in [5.41, 5.74) is 2.11. The molecule has 0 saturated heterocycles. The molecule has 150 valence electrons. The van der Waals surface area contributed by atoms with E-state index in [0.717, 1.165) is 11.1 Å². The van der Waals surface area contributed by atoms with Crippen molar-refractivity contribution >= 4 is 11.8 Å². The lowest BCUT2D eigenvalue weighted by Crippen LogP contribution is -2.51. The van der Waals surface area contributed by atoms with Gasteiger partial charge >= 0.3 is 0 Å². The van der Waals surface area contributed by atoms with E-state index in [9.17, 15) is 9.59 Å². The molecule has 1 N–H and O–H groups in total. The number of benzene rings is 2. The van der Waals surface area contributed by atoms with Crippen LogP contribution in [0.25, 0.3) is 0 Å². The number of aryl methyl sites for hydroxylation is 1. The highest BCUT2D eigenvalue weighted by Gasteiger charge is 2.29. The second kappa shape index (κ2) is 10.5. The van der Waals surface area contributed by atoms with Crippen LogP contribution >= 0.6 is 0 Å². The molecule has 0 unspecified atom stereocenters. The predicted octanol–water partition coefficient (Wildman–Crippen LogP) is 3.71. The zero-order valence-corrected chi connectivity index (χ0v) is 17.1. The predicted molar refractivity (Wildman–Crippen MR) is 111 cm³/mol. The first-order valence-electron chi connectivity index (χ1n) is 9.74. The van der Waals surface area contributed by atoms with Crippen molar-refractivity contribution in [2.75, 3.05) is 6.61 Å². The molecule has 0 aliphatic heterocycles. The van der Waals surface area contributed by atoms with E-state index in [4.69, 9.17) is 4.74 Å². The Balaban J connectivity index is 2.20. The second-order valence-electron chi connectivity index (χ2n) is 7.20. The fraction of sp³-hybridized carbons (Fsp3) is 0.391. The Kier molecular flexibility index (Phi) is 8.05. The number of hydrogen-bond donors (Lipinski definition) is 1. The summed E-state index contributed by atoms with van der Waals surface area (Å²) in [4.78, 5) is 27.4. The van der Waals surface area contributed by atoms with Gasteiger partial charge in [-0.3, -0.25) is 9.59 Å². The van der Waals surface area contributed by atoms with Crippen LogP contribution in [0, 0.1) is 6.92 Å². The van der Waals surface area contributed by atoms with E-state index in [0.29, 0.717) is 18.7 Å². The van der Waals surface area contributed by atoms with Crippen molar-refractivity contribution in [3.05, 3.63) is 65.7 Å². The normalized spacial score (nSPS) is 11.8. The maximum Gasteiger partial charge on any atom is 0.261 e. The molecule has 0 aromatic heterocycles. The van der Waals surface area contributed by atoms with Gasteiger partial charge in [0, 0.05) is 12.6 Å². The third-order valence-electron chi connectivity index (χ3n) is 4.36. The topological polar surface area (TPSA) is 58.6 Å². The van der Waals surface area contributed by atoms with E-state index in [2.05, 4.69) is 5.32 Å². The Morgan fingerprint density at radius 3 is 2.39 bits per heavy atom. The second-order valence-corrected chi connectivity index (χ2v) is 7.20. The molecular weight excluding hydrogens is 352 g/mol. The van der Waals surface area contributed by atoms with Crippen LogP contribution in [0.3, 0.4) is 0 Å². The number of amides is 2. The standard InChI is InChI=1S/C23H30N2O3/c1-5-21(23(27)24-17(2)3)25(15-19-11-9-10-18(4)14-19)22(26)16-28-20-12-7-6-8-13-20/h6-14,17,21H,5,15-16H2,1-4H3,(H,24,27)/t21-/m0/s1. The molecule has 0 saturated carbocycles. The summed E-state index contributed by atoms with van der Waals surface area (Å²) in [6.07, 6.45) is 0.529. The number of nitrogens with one attached hydrogen (secondary N) is 1. The van der Waals surface area contributed by atoms with Crippen LogP contribution < -0.4 is 10.1 Å². The first-order chi connectivity index (χ1) is 13.4. The lowest BCUT2D eigenvalue weighted by Gasteiger charge is -2.31. The van der Waals surface area contributed by atoms with Gasteiger partial charge in [0.15, 0.2) is 6.61 Å². The molecule has 2 aromatic carbocycles. The number of carbonyl (C=O) groups excluding carboxylic acids is 2. The molecular formula is C23H30N2O3. The lowest BCUT2D eigenvalue weighted by atomic mass is 10.1. The molecule has 0 spiro atoms. The number of hydrogen-bond acceptors (Lipinski definition) is 3. The molecule has 0 aliphatic rings. The summed E-state index contributed by atoms with van der Waals surface area (Å²) in [5, 5.41) is 2.93. The Bertz CT molecular complexity index is 774. The van der Waals surface area contributed by atoms with Crippen molar-refractivity contribution in [1.82, 2.24) is 10.2 Å². The van der Waals surface area contributed by atoms with Crippen LogP contribution in [0.5, 0.6) is 5.75 Å². The van der Waals surface area contributed by atoms with Gasteiger partial charge in [0.1, 0.15) is 11.8 Å². The van der Waals surface area contributed by atoms with Crippen LogP contribution in [0.2, 0.25) is 0 Å². The molecule has 2 rings (SSSR count). The number of ether oxygens (including phenoxy) is 1. The highest BCUT2D eigenvalue weighted by Crippen LogP contribution is 2.15. The molecule has 2 amide bonds.